The molecule has 2 aromatic rings. The van der Waals surface area contributed by atoms with Gasteiger partial charge in [0.15, 0.2) is 0 Å². The minimum Gasteiger partial charge on any atom is -0.490 e. The summed E-state index contributed by atoms with van der Waals surface area (Å²) in [4.78, 5) is 36.1. The molecule has 10 heteroatoms. The van der Waals surface area contributed by atoms with Gasteiger partial charge in [-0.3, -0.25) is 9.59 Å². The van der Waals surface area contributed by atoms with Crippen molar-refractivity contribution < 1.29 is 19.1 Å². The number of aryl methyl sites for hydroxylation is 1. The third kappa shape index (κ3) is 6.08. The van der Waals surface area contributed by atoms with Crippen LogP contribution in [-0.4, -0.2) is 101 Å². The number of benzene rings is 1. The number of likely N-dealkylation sites (N-methyl/N-ethyl adjacent to an activating group) is 1. The number of aromatic nitrogens is 2. The van der Waals surface area contributed by atoms with Crippen LogP contribution in [0.25, 0.3) is 0 Å². The molecule has 0 bridgehead atoms. The lowest BCUT2D eigenvalue weighted by atomic mass is 9.96. The monoisotopic (exact) mass is 489 g/mol. The molecule has 1 aromatic carbocycles. The Morgan fingerprint density at radius 1 is 1.15 bits per heavy atom. The number of ether oxygens (including phenoxy) is 2. The number of rotatable bonds is 7. The number of hydrogen-bond donors (Lipinski definition) is 0. The van der Waals surface area contributed by atoms with Gasteiger partial charge in [-0.05, 0) is 37.7 Å². The lowest BCUT2D eigenvalue weighted by Gasteiger charge is -2.43. The average Bonchev–Trinajstić information content (AvgIpc) is 3.33. The molecular weight excluding hydrogens is 458 g/mol. The number of halogens is 1. The summed E-state index contributed by atoms with van der Waals surface area (Å²) in [7, 11) is 2.05. The molecule has 1 atom stereocenters. The molecule has 0 unspecified atom stereocenters. The first-order valence-electron chi connectivity index (χ1n) is 11.6. The van der Waals surface area contributed by atoms with Gasteiger partial charge in [0.05, 0.1) is 25.9 Å². The van der Waals surface area contributed by atoms with Gasteiger partial charge >= 0.3 is 0 Å². The highest BCUT2D eigenvalue weighted by Crippen LogP contribution is 2.27. The molecule has 2 saturated heterocycles. The molecule has 1 aromatic heterocycles. The predicted molar refractivity (Wildman–Crippen MR) is 128 cm³/mol. The van der Waals surface area contributed by atoms with Gasteiger partial charge in [-0.15, -0.1) is 0 Å². The molecule has 0 saturated carbocycles. The van der Waals surface area contributed by atoms with E-state index in [0.29, 0.717) is 37.0 Å². The Hall–Kier alpha value is -2.62. The van der Waals surface area contributed by atoms with E-state index in [-0.39, 0.29) is 37.9 Å². The number of morpholine rings is 1. The van der Waals surface area contributed by atoms with Crippen LogP contribution in [0.1, 0.15) is 12.0 Å². The summed E-state index contributed by atoms with van der Waals surface area (Å²) in [5, 5.41) is 0.664. The van der Waals surface area contributed by atoms with Crippen LogP contribution in [0.2, 0.25) is 5.02 Å². The summed E-state index contributed by atoms with van der Waals surface area (Å²) in [5.74, 6) is 0.631. The standard InChI is InChI=1S/C24H32ClN5O4/c1-19-13-20(3-4-21(19)25)33-17-24(14-22(31)29-9-7-27(2)8-10-29)16-30(11-12-34-24)23(32)15-28-6-5-26-18-28/h3-6,13,18H,7-12,14-17H2,1-2H3/t24-/m1/s1. The molecule has 9 nitrogen and oxygen atoms in total. The molecule has 2 amide bonds. The molecule has 0 N–H and O–H groups in total. The maximum atomic E-state index is 13.3. The van der Waals surface area contributed by atoms with Crippen LogP contribution in [0.3, 0.4) is 0 Å². The van der Waals surface area contributed by atoms with Gasteiger partial charge in [0.2, 0.25) is 11.8 Å². The molecule has 2 fully saturated rings. The Labute approximate surface area is 205 Å². The minimum atomic E-state index is -0.934. The molecule has 2 aliphatic heterocycles. The Kier molecular flexibility index (Phi) is 7.75. The molecule has 4 rings (SSSR count). The van der Waals surface area contributed by atoms with Crippen LogP contribution in [0.15, 0.2) is 36.9 Å². The van der Waals surface area contributed by atoms with E-state index in [9.17, 15) is 9.59 Å². The third-order valence-corrected chi connectivity index (χ3v) is 6.86. The van der Waals surface area contributed by atoms with Gasteiger partial charge < -0.3 is 28.7 Å². The highest BCUT2D eigenvalue weighted by molar-refractivity contribution is 6.31. The van der Waals surface area contributed by atoms with E-state index in [0.717, 1.165) is 18.7 Å². The Morgan fingerprint density at radius 3 is 2.65 bits per heavy atom. The van der Waals surface area contributed by atoms with E-state index in [1.807, 2.05) is 17.9 Å². The number of amides is 2. The maximum absolute atomic E-state index is 13.3. The first-order chi connectivity index (χ1) is 16.3. The van der Waals surface area contributed by atoms with Gasteiger partial charge in [0.1, 0.15) is 24.5 Å². The second-order valence-electron chi connectivity index (χ2n) is 9.14. The molecule has 184 valence electrons. The molecule has 0 radical (unpaired) electrons. The van der Waals surface area contributed by atoms with Gasteiger partial charge in [-0.2, -0.15) is 0 Å². The fourth-order valence-corrected chi connectivity index (χ4v) is 4.42. The molecule has 3 heterocycles. The Balaban J connectivity index is 1.49. The van der Waals surface area contributed by atoms with Crippen LogP contribution in [0.4, 0.5) is 0 Å². The SMILES string of the molecule is Cc1cc(OC[C@@]2(CC(=O)N3CCN(C)CC3)CN(C(=O)Cn3ccnc3)CCO2)ccc1Cl. The van der Waals surface area contributed by atoms with Crippen molar-refractivity contribution in [3.8, 4) is 5.75 Å². The van der Waals surface area contributed by atoms with Crippen molar-refractivity contribution in [2.24, 2.45) is 0 Å². The van der Waals surface area contributed by atoms with Gasteiger partial charge in [0, 0.05) is 50.1 Å². The fraction of sp³-hybridized carbons (Fsp3) is 0.542. The van der Waals surface area contributed by atoms with E-state index in [2.05, 4.69) is 16.9 Å². The zero-order valence-electron chi connectivity index (χ0n) is 19.8. The van der Waals surface area contributed by atoms with E-state index in [4.69, 9.17) is 21.1 Å². The van der Waals surface area contributed by atoms with Crippen molar-refractivity contribution in [2.75, 3.05) is 59.5 Å². The van der Waals surface area contributed by atoms with Crippen LogP contribution >= 0.6 is 11.6 Å². The second-order valence-corrected chi connectivity index (χ2v) is 9.55. The third-order valence-electron chi connectivity index (χ3n) is 6.44. The van der Waals surface area contributed by atoms with Crippen LogP contribution in [0.5, 0.6) is 5.75 Å². The molecule has 2 aliphatic rings. The Morgan fingerprint density at radius 2 is 1.94 bits per heavy atom. The van der Waals surface area contributed by atoms with Crippen molar-refractivity contribution in [3.63, 3.8) is 0 Å². The lowest BCUT2D eigenvalue weighted by Crippen LogP contribution is -2.59. The highest BCUT2D eigenvalue weighted by atomic mass is 35.5. The zero-order valence-corrected chi connectivity index (χ0v) is 20.5. The van der Waals surface area contributed by atoms with Gasteiger partial charge in [-0.1, -0.05) is 11.6 Å². The second kappa shape index (κ2) is 10.8. The van der Waals surface area contributed by atoms with E-state index in [1.165, 1.54) is 0 Å². The summed E-state index contributed by atoms with van der Waals surface area (Å²) < 4.78 is 14.1. The van der Waals surface area contributed by atoms with Crippen molar-refractivity contribution in [3.05, 3.63) is 47.5 Å². The largest absolute Gasteiger partial charge is 0.490 e. The number of carbonyl (C=O) groups is 2. The number of piperazine rings is 1. The summed E-state index contributed by atoms with van der Waals surface area (Å²) in [6.07, 6.45) is 5.18. The normalized spacial score (nSPS) is 21.5. The van der Waals surface area contributed by atoms with Crippen molar-refractivity contribution >= 4 is 23.4 Å². The number of carbonyl (C=O) groups excluding carboxylic acids is 2. The Bertz CT molecular complexity index is 993. The maximum Gasteiger partial charge on any atom is 0.242 e. The highest BCUT2D eigenvalue weighted by Gasteiger charge is 2.42. The fourth-order valence-electron chi connectivity index (χ4n) is 4.30. The van der Waals surface area contributed by atoms with Crippen LogP contribution in [-0.2, 0) is 20.9 Å². The summed E-state index contributed by atoms with van der Waals surface area (Å²) in [6, 6.07) is 5.45. The predicted octanol–water partition coefficient (Wildman–Crippen LogP) is 1.69. The molecule has 34 heavy (non-hydrogen) atoms. The topological polar surface area (TPSA) is 80.1 Å². The van der Waals surface area contributed by atoms with E-state index < -0.39 is 5.60 Å². The number of nitrogens with zero attached hydrogens (tertiary/aromatic N) is 5. The van der Waals surface area contributed by atoms with E-state index >= 15 is 0 Å². The minimum absolute atomic E-state index is 0.0212. The average molecular weight is 490 g/mol. The summed E-state index contributed by atoms with van der Waals surface area (Å²) >= 11 is 6.15. The van der Waals surface area contributed by atoms with Crippen molar-refractivity contribution in [1.29, 1.82) is 0 Å². The van der Waals surface area contributed by atoms with E-state index in [1.54, 1.807) is 40.3 Å². The van der Waals surface area contributed by atoms with Crippen molar-refractivity contribution in [1.82, 2.24) is 24.3 Å². The summed E-state index contributed by atoms with van der Waals surface area (Å²) in [6.45, 7) is 6.42. The first-order valence-corrected chi connectivity index (χ1v) is 11.9. The molecule has 0 aliphatic carbocycles. The molecular formula is C24H32ClN5O4. The number of hydrogen-bond acceptors (Lipinski definition) is 6. The lowest BCUT2D eigenvalue weighted by molar-refractivity contribution is -0.166. The smallest absolute Gasteiger partial charge is 0.242 e. The first kappa shape index (κ1) is 24.5. The van der Waals surface area contributed by atoms with Gasteiger partial charge in [0.25, 0.3) is 0 Å². The van der Waals surface area contributed by atoms with Crippen LogP contribution in [0, 0.1) is 6.92 Å². The number of imidazole rings is 1. The summed E-state index contributed by atoms with van der Waals surface area (Å²) in [5.41, 5.74) is -0.0278. The quantitative estimate of drug-likeness (QED) is 0.589. The van der Waals surface area contributed by atoms with Crippen LogP contribution < -0.4 is 4.74 Å². The van der Waals surface area contributed by atoms with Gasteiger partial charge in [-0.25, -0.2) is 4.98 Å². The molecule has 0 spiro atoms. The van der Waals surface area contributed by atoms with Crippen molar-refractivity contribution in [2.45, 2.75) is 25.5 Å². The zero-order chi connectivity index (χ0) is 24.1.